The fourth-order valence-electron chi connectivity index (χ4n) is 5.02. The molecule has 1 aromatic rings. The summed E-state index contributed by atoms with van der Waals surface area (Å²) in [5.74, 6) is 0.744. The highest BCUT2D eigenvalue weighted by atomic mass is 16.2. The zero-order valence-corrected chi connectivity index (χ0v) is 15.9. The molecular weight excluding hydrogens is 310 g/mol. The minimum atomic E-state index is 0.0367. The van der Waals surface area contributed by atoms with E-state index < -0.39 is 0 Å². The molecule has 25 heavy (non-hydrogen) atoms. The smallest absolute Gasteiger partial charge is 0.320 e. The zero-order chi connectivity index (χ0) is 17.7. The van der Waals surface area contributed by atoms with E-state index in [0.29, 0.717) is 0 Å². The lowest BCUT2D eigenvalue weighted by atomic mass is 9.58. The Bertz CT molecular complexity index is 632. The molecule has 0 atom stereocenters. The molecule has 2 amide bonds. The summed E-state index contributed by atoms with van der Waals surface area (Å²) < 4.78 is 0. The summed E-state index contributed by atoms with van der Waals surface area (Å²) >= 11 is 0. The third kappa shape index (κ3) is 2.66. The maximum absolute atomic E-state index is 13.0. The lowest BCUT2D eigenvalue weighted by molar-refractivity contribution is -0.0708. The van der Waals surface area contributed by atoms with Gasteiger partial charge in [0.1, 0.15) is 0 Å². The number of benzene rings is 1. The molecule has 0 unspecified atom stereocenters. The van der Waals surface area contributed by atoms with Gasteiger partial charge in [-0.05, 0) is 57.7 Å². The molecule has 2 saturated carbocycles. The van der Waals surface area contributed by atoms with Gasteiger partial charge < -0.3 is 9.80 Å². The maximum atomic E-state index is 13.0. The van der Waals surface area contributed by atoms with Crippen LogP contribution in [-0.2, 0) is 5.54 Å². The normalized spacial score (nSPS) is 31.9. The molecule has 0 bridgehead atoms. The van der Waals surface area contributed by atoms with Crippen molar-refractivity contribution in [1.82, 2.24) is 14.7 Å². The summed E-state index contributed by atoms with van der Waals surface area (Å²) in [6.07, 6.45) is 5.73. The largest absolute Gasteiger partial charge is 0.322 e. The summed E-state index contributed by atoms with van der Waals surface area (Å²) in [6.45, 7) is 4.94. The summed E-state index contributed by atoms with van der Waals surface area (Å²) in [5.41, 5.74) is 1.49. The van der Waals surface area contributed by atoms with Crippen LogP contribution < -0.4 is 0 Å². The summed E-state index contributed by atoms with van der Waals surface area (Å²) in [5, 5.41) is 0. The second kappa shape index (κ2) is 6.01. The van der Waals surface area contributed by atoms with Crippen LogP contribution in [0.15, 0.2) is 30.3 Å². The molecule has 1 aliphatic heterocycles. The molecule has 1 spiro atoms. The van der Waals surface area contributed by atoms with Crippen LogP contribution in [0.3, 0.4) is 0 Å². The lowest BCUT2D eigenvalue weighted by Crippen LogP contribution is -2.67. The molecule has 1 aromatic carbocycles. The number of hydrogen-bond donors (Lipinski definition) is 0. The Morgan fingerprint density at radius 1 is 1.16 bits per heavy atom. The van der Waals surface area contributed by atoms with Crippen molar-refractivity contribution in [2.75, 3.05) is 33.7 Å². The minimum absolute atomic E-state index is 0.0367. The quantitative estimate of drug-likeness (QED) is 0.791. The van der Waals surface area contributed by atoms with Gasteiger partial charge in [-0.1, -0.05) is 37.3 Å². The summed E-state index contributed by atoms with van der Waals surface area (Å²) in [4.78, 5) is 19.8. The van der Waals surface area contributed by atoms with E-state index in [1.54, 1.807) is 0 Å². The summed E-state index contributed by atoms with van der Waals surface area (Å²) in [6, 6.07) is 11.1. The predicted molar refractivity (Wildman–Crippen MR) is 100 cm³/mol. The average molecular weight is 341 g/mol. The van der Waals surface area contributed by atoms with Crippen LogP contribution in [-0.4, -0.2) is 60.0 Å². The number of nitrogens with zero attached hydrogens (tertiary/aromatic N) is 3. The Hall–Kier alpha value is -1.55. The van der Waals surface area contributed by atoms with E-state index in [9.17, 15) is 4.79 Å². The van der Waals surface area contributed by atoms with Crippen molar-refractivity contribution in [3.63, 3.8) is 0 Å². The van der Waals surface area contributed by atoms with Gasteiger partial charge in [-0.2, -0.15) is 0 Å². The van der Waals surface area contributed by atoms with Crippen molar-refractivity contribution < 1.29 is 4.79 Å². The first-order chi connectivity index (χ1) is 12.0. The van der Waals surface area contributed by atoms with Gasteiger partial charge in [-0.25, -0.2) is 4.79 Å². The maximum Gasteiger partial charge on any atom is 0.320 e. The van der Waals surface area contributed by atoms with Gasteiger partial charge in [0.05, 0.1) is 11.1 Å². The Morgan fingerprint density at radius 3 is 2.40 bits per heavy atom. The molecule has 3 aliphatic rings. The van der Waals surface area contributed by atoms with E-state index in [2.05, 4.69) is 66.1 Å². The number of hydrogen-bond acceptors (Lipinski definition) is 2. The number of amides is 2. The fourth-order valence-corrected chi connectivity index (χ4v) is 5.02. The molecule has 1 saturated heterocycles. The van der Waals surface area contributed by atoms with E-state index in [1.807, 2.05) is 0 Å². The highest BCUT2D eigenvalue weighted by Gasteiger charge is 2.64. The number of carbonyl (C=O) groups excluding carboxylic acids is 1. The Balaban J connectivity index is 1.61. The Labute approximate surface area is 151 Å². The van der Waals surface area contributed by atoms with Gasteiger partial charge in [-0.3, -0.25) is 4.90 Å². The molecule has 4 nitrogen and oxygen atoms in total. The van der Waals surface area contributed by atoms with Gasteiger partial charge in [0.2, 0.25) is 0 Å². The second-order valence-corrected chi connectivity index (χ2v) is 8.63. The predicted octanol–water partition coefficient (Wildman–Crippen LogP) is 3.53. The van der Waals surface area contributed by atoms with Crippen molar-refractivity contribution in [3.8, 4) is 0 Å². The van der Waals surface area contributed by atoms with Crippen molar-refractivity contribution in [1.29, 1.82) is 0 Å². The number of rotatable bonds is 6. The van der Waals surface area contributed by atoms with Crippen LogP contribution in [0.2, 0.25) is 0 Å². The molecule has 1 heterocycles. The van der Waals surface area contributed by atoms with E-state index in [-0.39, 0.29) is 17.1 Å². The number of urea groups is 1. The van der Waals surface area contributed by atoms with Crippen LogP contribution in [0.1, 0.15) is 44.6 Å². The zero-order valence-electron chi connectivity index (χ0n) is 15.9. The second-order valence-electron chi connectivity index (χ2n) is 8.63. The van der Waals surface area contributed by atoms with Crippen molar-refractivity contribution in [2.45, 2.75) is 50.1 Å². The van der Waals surface area contributed by atoms with Crippen molar-refractivity contribution >= 4 is 6.03 Å². The first kappa shape index (κ1) is 16.9. The molecule has 4 heteroatoms. The van der Waals surface area contributed by atoms with Crippen LogP contribution in [0.4, 0.5) is 4.79 Å². The third-order valence-electron chi connectivity index (χ3n) is 6.60. The standard InChI is InChI=1S/C21H31N3O/c1-4-12-23-16-20(24(19(23)25)13-17-10-11-17)14-21(15-20,22(2)3)18-8-6-5-7-9-18/h5-9,17H,4,10-16H2,1-3H3. The first-order valence-electron chi connectivity index (χ1n) is 9.80. The lowest BCUT2D eigenvalue weighted by Gasteiger charge is -2.60. The monoisotopic (exact) mass is 341 g/mol. The van der Waals surface area contributed by atoms with Gasteiger partial charge in [-0.15, -0.1) is 0 Å². The molecule has 4 rings (SSSR count). The van der Waals surface area contributed by atoms with Crippen molar-refractivity contribution in [3.05, 3.63) is 35.9 Å². The van der Waals surface area contributed by atoms with E-state index in [0.717, 1.165) is 44.8 Å². The minimum Gasteiger partial charge on any atom is -0.322 e. The van der Waals surface area contributed by atoms with Gasteiger partial charge in [0.25, 0.3) is 0 Å². The fraction of sp³-hybridized carbons (Fsp3) is 0.667. The number of carbonyl (C=O) groups is 1. The SMILES string of the molecule is CCCN1CC2(CC(c3ccccc3)(N(C)C)C2)N(CC2CC2)C1=O. The Kier molecular flexibility index (Phi) is 4.06. The molecule has 2 aliphatic carbocycles. The van der Waals surface area contributed by atoms with Crippen molar-refractivity contribution in [2.24, 2.45) is 5.92 Å². The van der Waals surface area contributed by atoms with Gasteiger partial charge >= 0.3 is 6.03 Å². The Morgan fingerprint density at radius 2 is 1.84 bits per heavy atom. The highest BCUT2D eigenvalue weighted by molar-refractivity contribution is 5.79. The topological polar surface area (TPSA) is 26.8 Å². The molecule has 0 radical (unpaired) electrons. The first-order valence-corrected chi connectivity index (χ1v) is 9.80. The van der Waals surface area contributed by atoms with Crippen LogP contribution in [0.25, 0.3) is 0 Å². The van der Waals surface area contributed by atoms with Gasteiger partial charge in [0, 0.05) is 19.6 Å². The van der Waals surface area contributed by atoms with Crippen LogP contribution >= 0.6 is 0 Å². The third-order valence-corrected chi connectivity index (χ3v) is 6.60. The van der Waals surface area contributed by atoms with E-state index in [4.69, 9.17) is 0 Å². The van der Waals surface area contributed by atoms with E-state index in [1.165, 1.54) is 18.4 Å². The molecule has 0 aromatic heterocycles. The molecular formula is C21H31N3O. The van der Waals surface area contributed by atoms with Crippen LogP contribution in [0.5, 0.6) is 0 Å². The van der Waals surface area contributed by atoms with Gasteiger partial charge in [0.15, 0.2) is 0 Å². The van der Waals surface area contributed by atoms with E-state index >= 15 is 0 Å². The molecule has 136 valence electrons. The van der Waals surface area contributed by atoms with Crippen LogP contribution in [0, 0.1) is 5.92 Å². The average Bonchev–Trinajstić information content (AvgIpc) is 3.34. The molecule has 3 fully saturated rings. The molecule has 0 N–H and O–H groups in total. The summed E-state index contributed by atoms with van der Waals surface area (Å²) in [7, 11) is 4.37. The highest BCUT2D eigenvalue weighted by Crippen LogP contribution is 2.57.